The van der Waals surface area contributed by atoms with E-state index in [2.05, 4.69) is 0 Å². The molecule has 0 aromatic heterocycles. The molecule has 0 amide bonds. The minimum Gasteiger partial charge on any atom is -0.507 e. The van der Waals surface area contributed by atoms with Gasteiger partial charge in [-0.1, -0.05) is 12.1 Å². The quantitative estimate of drug-likeness (QED) is 0.858. The molecule has 0 atom stereocenters. The van der Waals surface area contributed by atoms with Gasteiger partial charge < -0.3 is 15.1 Å². The Balaban J connectivity index is 3.10. The van der Waals surface area contributed by atoms with Gasteiger partial charge in [0, 0.05) is 12.1 Å². The Bertz CT molecular complexity index is 479. The van der Waals surface area contributed by atoms with E-state index in [-0.39, 0.29) is 0 Å². The fourth-order valence-corrected chi connectivity index (χ4v) is 2.08. The SMILES string of the molecule is Cc1cc(CC(C)(C)C(=O)O)cc(CN(C)C)c1O. The Morgan fingerprint density at radius 2 is 1.89 bits per heavy atom. The molecule has 0 aliphatic heterocycles. The monoisotopic (exact) mass is 265 g/mol. The molecule has 4 nitrogen and oxygen atoms in total. The van der Waals surface area contributed by atoms with Gasteiger partial charge in [0.15, 0.2) is 0 Å². The van der Waals surface area contributed by atoms with Crippen molar-refractivity contribution in [2.24, 2.45) is 5.41 Å². The number of carbonyl (C=O) groups is 1. The highest BCUT2D eigenvalue weighted by atomic mass is 16.4. The van der Waals surface area contributed by atoms with E-state index < -0.39 is 11.4 Å². The molecule has 0 spiro atoms. The lowest BCUT2D eigenvalue weighted by atomic mass is 9.85. The van der Waals surface area contributed by atoms with E-state index in [9.17, 15) is 15.0 Å². The number of carboxylic acids is 1. The molecule has 0 radical (unpaired) electrons. The number of aryl methyl sites for hydroxylation is 1. The lowest BCUT2D eigenvalue weighted by molar-refractivity contribution is -0.146. The first-order valence-corrected chi connectivity index (χ1v) is 6.33. The maximum absolute atomic E-state index is 11.2. The van der Waals surface area contributed by atoms with Crippen LogP contribution in [-0.2, 0) is 17.8 Å². The van der Waals surface area contributed by atoms with Crippen LogP contribution in [0.1, 0.15) is 30.5 Å². The molecule has 0 aliphatic rings. The molecule has 0 saturated carbocycles. The lowest BCUT2D eigenvalue weighted by Crippen LogP contribution is -2.26. The van der Waals surface area contributed by atoms with Crippen molar-refractivity contribution >= 4 is 5.97 Å². The van der Waals surface area contributed by atoms with Crippen LogP contribution in [-0.4, -0.2) is 35.2 Å². The predicted molar refractivity (Wildman–Crippen MR) is 75.4 cm³/mol. The van der Waals surface area contributed by atoms with Crippen LogP contribution in [0.3, 0.4) is 0 Å². The van der Waals surface area contributed by atoms with Crippen molar-refractivity contribution in [1.82, 2.24) is 4.90 Å². The van der Waals surface area contributed by atoms with Gasteiger partial charge in [0.2, 0.25) is 0 Å². The summed E-state index contributed by atoms with van der Waals surface area (Å²) in [6.07, 6.45) is 0.448. The molecule has 0 fully saturated rings. The van der Waals surface area contributed by atoms with E-state index in [0.29, 0.717) is 18.7 Å². The van der Waals surface area contributed by atoms with Gasteiger partial charge >= 0.3 is 5.97 Å². The van der Waals surface area contributed by atoms with Gasteiger partial charge in [0.25, 0.3) is 0 Å². The largest absolute Gasteiger partial charge is 0.507 e. The minimum absolute atomic E-state index is 0.297. The molecule has 2 N–H and O–H groups in total. The maximum atomic E-state index is 11.2. The van der Waals surface area contributed by atoms with Gasteiger partial charge in [0.1, 0.15) is 5.75 Å². The van der Waals surface area contributed by atoms with Crippen LogP contribution >= 0.6 is 0 Å². The first-order chi connectivity index (χ1) is 8.63. The zero-order valence-corrected chi connectivity index (χ0v) is 12.3. The predicted octanol–water partition coefficient (Wildman–Crippen LogP) is 2.42. The number of hydrogen-bond acceptors (Lipinski definition) is 3. The van der Waals surface area contributed by atoms with Gasteiger partial charge in [-0.05, 0) is 52.4 Å². The number of carboxylic acid groups (broad SMARTS) is 1. The van der Waals surface area contributed by atoms with Crippen molar-refractivity contribution < 1.29 is 15.0 Å². The van der Waals surface area contributed by atoms with Crippen molar-refractivity contribution in [3.8, 4) is 5.75 Å². The highest BCUT2D eigenvalue weighted by Crippen LogP contribution is 2.29. The van der Waals surface area contributed by atoms with E-state index in [1.807, 2.05) is 38.1 Å². The van der Waals surface area contributed by atoms with Gasteiger partial charge in [-0.3, -0.25) is 4.79 Å². The Labute approximate surface area is 114 Å². The summed E-state index contributed by atoms with van der Waals surface area (Å²) in [6.45, 7) is 5.89. The molecular weight excluding hydrogens is 242 g/mol. The number of phenolic OH excluding ortho intramolecular Hbond substituents is 1. The molecule has 19 heavy (non-hydrogen) atoms. The first kappa shape index (κ1) is 15.5. The van der Waals surface area contributed by atoms with Crippen molar-refractivity contribution in [2.75, 3.05) is 14.1 Å². The second-order valence-corrected chi connectivity index (χ2v) is 6.02. The van der Waals surface area contributed by atoms with Crippen LogP contribution in [0.15, 0.2) is 12.1 Å². The zero-order chi connectivity index (χ0) is 14.8. The third-order valence-corrected chi connectivity index (χ3v) is 3.15. The summed E-state index contributed by atoms with van der Waals surface area (Å²) >= 11 is 0. The second kappa shape index (κ2) is 5.61. The standard InChI is InChI=1S/C15H23NO3/c1-10-6-11(8-15(2,3)14(18)19)7-12(13(10)17)9-16(4)5/h6-7,17H,8-9H2,1-5H3,(H,18,19). The Kier molecular flexibility index (Phi) is 4.58. The lowest BCUT2D eigenvalue weighted by Gasteiger charge is -2.21. The van der Waals surface area contributed by atoms with Crippen LogP contribution in [0.2, 0.25) is 0 Å². The number of hydrogen-bond donors (Lipinski definition) is 2. The Morgan fingerprint density at radius 3 is 2.37 bits per heavy atom. The van der Waals surface area contributed by atoms with Crippen LogP contribution < -0.4 is 0 Å². The van der Waals surface area contributed by atoms with Crippen LogP contribution in [0.4, 0.5) is 0 Å². The molecule has 106 valence electrons. The Hall–Kier alpha value is -1.55. The van der Waals surface area contributed by atoms with Crippen molar-refractivity contribution in [1.29, 1.82) is 0 Å². The minimum atomic E-state index is -0.813. The summed E-state index contributed by atoms with van der Waals surface area (Å²) < 4.78 is 0. The van der Waals surface area contributed by atoms with Crippen LogP contribution in [0.25, 0.3) is 0 Å². The number of benzene rings is 1. The van der Waals surface area contributed by atoms with Gasteiger partial charge in [0.05, 0.1) is 5.41 Å². The summed E-state index contributed by atoms with van der Waals surface area (Å²) in [7, 11) is 3.87. The summed E-state index contributed by atoms with van der Waals surface area (Å²) in [5, 5.41) is 19.2. The molecule has 0 heterocycles. The highest BCUT2D eigenvalue weighted by molar-refractivity contribution is 5.74. The topological polar surface area (TPSA) is 60.8 Å². The molecule has 1 rings (SSSR count). The van der Waals surface area contributed by atoms with Gasteiger partial charge in [-0.25, -0.2) is 0 Å². The highest BCUT2D eigenvalue weighted by Gasteiger charge is 2.27. The normalized spacial score (nSPS) is 11.9. The summed E-state index contributed by atoms with van der Waals surface area (Å²) in [5.41, 5.74) is 1.76. The van der Waals surface area contributed by atoms with E-state index in [4.69, 9.17) is 0 Å². The smallest absolute Gasteiger partial charge is 0.309 e. The van der Waals surface area contributed by atoms with Crippen LogP contribution in [0.5, 0.6) is 5.75 Å². The molecule has 0 unspecified atom stereocenters. The maximum Gasteiger partial charge on any atom is 0.309 e. The van der Waals surface area contributed by atoms with E-state index in [1.54, 1.807) is 13.8 Å². The number of rotatable bonds is 5. The fourth-order valence-electron chi connectivity index (χ4n) is 2.08. The van der Waals surface area contributed by atoms with Gasteiger partial charge in [-0.2, -0.15) is 0 Å². The van der Waals surface area contributed by atoms with Crippen molar-refractivity contribution in [3.05, 3.63) is 28.8 Å². The van der Waals surface area contributed by atoms with Gasteiger partial charge in [-0.15, -0.1) is 0 Å². The number of nitrogens with zero attached hydrogens (tertiary/aromatic N) is 1. The second-order valence-electron chi connectivity index (χ2n) is 6.02. The van der Waals surface area contributed by atoms with Crippen molar-refractivity contribution in [3.63, 3.8) is 0 Å². The molecule has 4 heteroatoms. The molecule has 1 aromatic rings. The molecule has 1 aromatic carbocycles. The summed E-state index contributed by atoms with van der Waals surface area (Å²) in [4.78, 5) is 13.2. The van der Waals surface area contributed by atoms with Crippen molar-refractivity contribution in [2.45, 2.75) is 33.7 Å². The van der Waals surface area contributed by atoms with E-state index >= 15 is 0 Å². The number of phenols is 1. The average Bonchev–Trinajstić information content (AvgIpc) is 2.23. The number of aromatic hydroxyl groups is 1. The third-order valence-electron chi connectivity index (χ3n) is 3.15. The average molecular weight is 265 g/mol. The molecule has 0 aliphatic carbocycles. The molecule has 0 saturated heterocycles. The molecular formula is C15H23NO3. The van der Waals surface area contributed by atoms with E-state index in [1.165, 1.54) is 0 Å². The summed E-state index contributed by atoms with van der Waals surface area (Å²) in [6, 6.07) is 3.76. The van der Waals surface area contributed by atoms with Crippen LogP contribution in [0, 0.1) is 12.3 Å². The fraction of sp³-hybridized carbons (Fsp3) is 0.533. The zero-order valence-electron chi connectivity index (χ0n) is 12.3. The van der Waals surface area contributed by atoms with E-state index in [0.717, 1.165) is 16.7 Å². The molecule has 0 bridgehead atoms. The summed E-state index contributed by atoms with van der Waals surface area (Å²) in [5.74, 6) is -0.516. The number of aliphatic carboxylic acids is 1. The third kappa shape index (κ3) is 3.96. The first-order valence-electron chi connectivity index (χ1n) is 6.33. The Morgan fingerprint density at radius 1 is 1.32 bits per heavy atom.